The zero-order valence-electron chi connectivity index (χ0n) is 24.8. The Morgan fingerprint density at radius 1 is 1.16 bits per heavy atom. The number of hydrogen-bond donors (Lipinski definition) is 1. The van der Waals surface area contributed by atoms with Crippen LogP contribution in [-0.4, -0.2) is 77.7 Å². The van der Waals surface area contributed by atoms with Gasteiger partial charge in [-0.05, 0) is 72.3 Å². The molecule has 0 radical (unpaired) electrons. The molecule has 1 aromatic heterocycles. The number of phenolic OH excluding ortho intramolecular Hbond substituents is 1. The van der Waals surface area contributed by atoms with Crippen molar-refractivity contribution in [2.75, 3.05) is 50.9 Å². The number of aromatic hydroxyl groups is 1. The molecule has 3 aromatic carbocycles. The molecule has 0 unspecified atom stereocenters. The van der Waals surface area contributed by atoms with Gasteiger partial charge in [-0.25, -0.2) is 13.6 Å². The summed E-state index contributed by atoms with van der Waals surface area (Å²) in [5.41, 5.74) is 1.24. The molecule has 3 aliphatic rings. The molecule has 3 fully saturated rings. The second kappa shape index (κ2) is 11.5. The first-order valence-electron chi connectivity index (χ1n) is 15.4. The van der Waals surface area contributed by atoms with Crippen LogP contribution in [0.25, 0.3) is 37.6 Å². The number of nitrogens with zero attached hydrogens (tertiary/aromatic N) is 5. The van der Waals surface area contributed by atoms with Gasteiger partial charge in [0.2, 0.25) is 0 Å². The Bertz CT molecular complexity index is 1790. The van der Waals surface area contributed by atoms with Crippen molar-refractivity contribution in [3.63, 3.8) is 0 Å². The van der Waals surface area contributed by atoms with Crippen molar-refractivity contribution in [1.82, 2.24) is 14.9 Å². The van der Waals surface area contributed by atoms with Crippen molar-refractivity contribution in [2.24, 2.45) is 0 Å². The van der Waals surface area contributed by atoms with Crippen LogP contribution in [0.3, 0.4) is 0 Å². The Kier molecular flexibility index (Phi) is 7.47. The molecular weight excluding hydrogens is 564 g/mol. The molecule has 1 N–H and O–H groups in total. The van der Waals surface area contributed by atoms with Gasteiger partial charge in [0.05, 0.1) is 18.7 Å². The minimum atomic E-state index is -0.902. The third-order valence-electron chi connectivity index (χ3n) is 9.44. The number of alkyl halides is 1. The van der Waals surface area contributed by atoms with E-state index in [9.17, 15) is 9.50 Å². The largest absolute Gasteiger partial charge is 0.508 e. The smallest absolute Gasteiger partial charge is 0.319 e. The summed E-state index contributed by atoms with van der Waals surface area (Å²) in [7, 11) is 0. The van der Waals surface area contributed by atoms with Crippen molar-refractivity contribution in [3.05, 3.63) is 59.2 Å². The van der Waals surface area contributed by atoms with Gasteiger partial charge >= 0.3 is 6.01 Å². The Morgan fingerprint density at radius 3 is 2.89 bits per heavy atom. The number of anilines is 1. The molecule has 0 amide bonds. The molecule has 8 nitrogen and oxygen atoms in total. The number of aryl methyl sites for hydroxylation is 1. The van der Waals surface area contributed by atoms with Crippen molar-refractivity contribution in [2.45, 2.75) is 50.7 Å². The SMILES string of the molecule is [C-]#[N+]c1cc2c(N3CCCOCC3)nc(OC[C@@]34CCCN3C[C@H](F)C4)nc2c(F)c1-c1cc(O)cc2cccc(CC)c12. The average molecular weight is 600 g/mol. The summed E-state index contributed by atoms with van der Waals surface area (Å²) >= 11 is 0. The van der Waals surface area contributed by atoms with E-state index >= 15 is 4.39 Å². The van der Waals surface area contributed by atoms with Crippen LogP contribution in [0.1, 0.15) is 38.2 Å². The van der Waals surface area contributed by atoms with Crippen LogP contribution < -0.4 is 9.64 Å². The second-order valence-electron chi connectivity index (χ2n) is 12.1. The lowest BCUT2D eigenvalue weighted by Crippen LogP contribution is -2.43. The van der Waals surface area contributed by atoms with E-state index in [0.29, 0.717) is 62.5 Å². The van der Waals surface area contributed by atoms with Crippen molar-refractivity contribution < 1.29 is 23.4 Å². The number of benzene rings is 3. The van der Waals surface area contributed by atoms with Crippen LogP contribution in [0, 0.1) is 12.4 Å². The van der Waals surface area contributed by atoms with E-state index < -0.39 is 17.5 Å². The molecule has 0 bridgehead atoms. The van der Waals surface area contributed by atoms with Crippen LogP contribution >= 0.6 is 0 Å². The number of hydrogen-bond acceptors (Lipinski definition) is 7. The van der Waals surface area contributed by atoms with Crippen LogP contribution in [0.15, 0.2) is 36.4 Å². The molecule has 4 aromatic rings. The van der Waals surface area contributed by atoms with Gasteiger partial charge in [-0.15, -0.1) is 0 Å². The van der Waals surface area contributed by atoms with Gasteiger partial charge in [0.1, 0.15) is 35.7 Å². The van der Waals surface area contributed by atoms with E-state index in [1.165, 1.54) is 6.07 Å². The van der Waals surface area contributed by atoms with Gasteiger partial charge in [0.15, 0.2) is 5.69 Å². The molecular formula is C34H35F2N5O3. The first-order chi connectivity index (χ1) is 21.4. The monoisotopic (exact) mass is 599 g/mol. The number of fused-ring (bicyclic) bond motifs is 3. The maximum absolute atomic E-state index is 17.0. The van der Waals surface area contributed by atoms with Crippen LogP contribution in [0.2, 0.25) is 0 Å². The van der Waals surface area contributed by atoms with E-state index in [4.69, 9.17) is 21.0 Å². The van der Waals surface area contributed by atoms with E-state index in [1.807, 2.05) is 30.0 Å². The van der Waals surface area contributed by atoms with E-state index in [2.05, 4.69) is 14.7 Å². The molecule has 0 saturated carbocycles. The Labute approximate surface area is 255 Å². The number of halogens is 2. The quantitative estimate of drug-likeness (QED) is 0.251. The molecule has 10 heteroatoms. The Balaban J connectivity index is 1.42. The molecule has 2 atom stereocenters. The highest BCUT2D eigenvalue weighted by molar-refractivity contribution is 6.07. The predicted molar refractivity (Wildman–Crippen MR) is 166 cm³/mol. The first-order valence-corrected chi connectivity index (χ1v) is 15.4. The summed E-state index contributed by atoms with van der Waals surface area (Å²) in [6.45, 7) is 13.8. The predicted octanol–water partition coefficient (Wildman–Crippen LogP) is 6.59. The number of aromatic nitrogens is 2. The standard InChI is InChI=1S/C34H35F2N5O3/c1-3-21-7-4-8-22-15-24(42)16-25(28(21)22)29-27(37-2)17-26-31(30(29)36)38-33(39-32(26)40-10-6-13-43-14-12-40)44-20-34-9-5-11-41(34)19-23(35)18-34/h4,7-8,15-17,23,42H,3,5-6,9-14,18-20H2,1H3/t23-,34+/m1/s1. The number of phenols is 1. The molecule has 3 saturated heterocycles. The van der Waals surface area contributed by atoms with Crippen molar-refractivity contribution >= 4 is 33.2 Å². The van der Waals surface area contributed by atoms with Crippen molar-refractivity contribution in [3.8, 4) is 22.9 Å². The fourth-order valence-electron chi connectivity index (χ4n) is 7.41. The first kappa shape index (κ1) is 28.7. The molecule has 7 rings (SSSR count). The summed E-state index contributed by atoms with van der Waals surface area (Å²) in [6.07, 6.45) is 2.76. The van der Waals surface area contributed by atoms with Gasteiger partial charge in [0.25, 0.3) is 0 Å². The highest BCUT2D eigenvalue weighted by atomic mass is 19.1. The van der Waals surface area contributed by atoms with Crippen molar-refractivity contribution in [1.29, 1.82) is 0 Å². The van der Waals surface area contributed by atoms with Crippen LogP contribution in [0.5, 0.6) is 11.8 Å². The lowest BCUT2D eigenvalue weighted by atomic mass is 9.91. The second-order valence-corrected chi connectivity index (χ2v) is 12.1. The summed E-state index contributed by atoms with van der Waals surface area (Å²) in [5, 5.41) is 12.6. The molecule has 4 heterocycles. The Morgan fingerprint density at radius 2 is 2.05 bits per heavy atom. The topological polar surface area (TPSA) is 75.3 Å². The van der Waals surface area contributed by atoms with Gasteiger partial charge < -0.3 is 19.5 Å². The number of rotatable bonds is 6. The van der Waals surface area contributed by atoms with E-state index in [0.717, 1.165) is 42.1 Å². The van der Waals surface area contributed by atoms with E-state index in [1.54, 1.807) is 12.1 Å². The lowest BCUT2D eigenvalue weighted by Gasteiger charge is -2.31. The summed E-state index contributed by atoms with van der Waals surface area (Å²) in [4.78, 5) is 17.3. The molecule has 3 aliphatic heterocycles. The van der Waals surface area contributed by atoms with E-state index in [-0.39, 0.29) is 35.1 Å². The minimum Gasteiger partial charge on any atom is -0.508 e. The molecule has 0 aliphatic carbocycles. The molecule has 44 heavy (non-hydrogen) atoms. The third-order valence-corrected chi connectivity index (χ3v) is 9.44. The fourth-order valence-corrected chi connectivity index (χ4v) is 7.41. The van der Waals surface area contributed by atoms with Gasteiger partial charge in [-0.1, -0.05) is 25.1 Å². The Hall–Kier alpha value is -4.07. The zero-order chi connectivity index (χ0) is 30.4. The normalized spacial score (nSPS) is 22.3. The molecule has 0 spiro atoms. The van der Waals surface area contributed by atoms with Gasteiger partial charge in [-0.2, -0.15) is 9.97 Å². The van der Waals surface area contributed by atoms with Gasteiger partial charge in [-0.3, -0.25) is 4.90 Å². The zero-order valence-corrected chi connectivity index (χ0v) is 24.8. The maximum Gasteiger partial charge on any atom is 0.319 e. The minimum absolute atomic E-state index is 0.0174. The highest BCUT2D eigenvalue weighted by Crippen LogP contribution is 2.45. The van der Waals surface area contributed by atoms with Crippen LogP contribution in [-0.2, 0) is 11.2 Å². The lowest BCUT2D eigenvalue weighted by molar-refractivity contribution is 0.107. The van der Waals surface area contributed by atoms with Gasteiger partial charge in [0, 0.05) is 43.6 Å². The fraction of sp³-hybridized carbons (Fsp3) is 0.441. The summed E-state index contributed by atoms with van der Waals surface area (Å²) in [5.74, 6) is -0.205. The molecule has 228 valence electrons. The van der Waals surface area contributed by atoms with Crippen LogP contribution in [0.4, 0.5) is 20.3 Å². The summed E-state index contributed by atoms with van der Waals surface area (Å²) < 4.78 is 43.4. The summed E-state index contributed by atoms with van der Waals surface area (Å²) in [6, 6.07) is 10.6. The highest BCUT2D eigenvalue weighted by Gasteiger charge is 2.49. The average Bonchev–Trinajstić information content (AvgIpc) is 3.40. The number of ether oxygens (including phenoxy) is 2. The third kappa shape index (κ3) is 4.88. The maximum atomic E-state index is 17.0.